The predicted octanol–water partition coefficient (Wildman–Crippen LogP) is 4.04. The van der Waals surface area contributed by atoms with Crippen molar-refractivity contribution >= 4 is 11.9 Å². The van der Waals surface area contributed by atoms with Crippen LogP contribution in [0.5, 0.6) is 0 Å². The number of rotatable bonds is 8. The average molecular weight is 343 g/mol. The van der Waals surface area contributed by atoms with Crippen LogP contribution in [0.15, 0.2) is 54.6 Å². The second-order valence-electron chi connectivity index (χ2n) is 5.99. The van der Waals surface area contributed by atoms with E-state index in [9.17, 15) is 14.0 Å². The zero-order chi connectivity index (χ0) is 18.2. The van der Waals surface area contributed by atoms with Crippen molar-refractivity contribution in [1.82, 2.24) is 5.32 Å². The molecule has 0 saturated heterocycles. The van der Waals surface area contributed by atoms with Crippen molar-refractivity contribution in [3.05, 3.63) is 71.5 Å². The highest BCUT2D eigenvalue weighted by Crippen LogP contribution is 2.24. The van der Waals surface area contributed by atoms with Gasteiger partial charge in [-0.25, -0.2) is 4.39 Å². The van der Waals surface area contributed by atoms with Crippen molar-refractivity contribution in [2.45, 2.75) is 38.1 Å². The summed E-state index contributed by atoms with van der Waals surface area (Å²) in [5.41, 5.74) is 1.65. The Balaban J connectivity index is 2.08. The van der Waals surface area contributed by atoms with Crippen molar-refractivity contribution in [1.29, 1.82) is 0 Å². The Morgan fingerprint density at radius 2 is 1.64 bits per heavy atom. The molecule has 2 atom stereocenters. The Kier molecular flexibility index (Phi) is 6.69. The molecule has 0 bridgehead atoms. The molecule has 0 aliphatic rings. The van der Waals surface area contributed by atoms with E-state index in [1.54, 1.807) is 0 Å². The first-order valence-electron chi connectivity index (χ1n) is 8.31. The predicted molar refractivity (Wildman–Crippen MR) is 93.6 cm³/mol. The minimum Gasteiger partial charge on any atom is -0.481 e. The fraction of sp³-hybridized carbons (Fsp3) is 0.300. The number of hydrogen-bond donors (Lipinski definition) is 2. The third kappa shape index (κ3) is 5.71. The molecule has 0 saturated carbocycles. The molecule has 1 amide bonds. The molecular formula is C20H22FNO3. The monoisotopic (exact) mass is 343 g/mol. The zero-order valence-corrected chi connectivity index (χ0v) is 14.1. The quantitative estimate of drug-likeness (QED) is 0.760. The third-order valence-electron chi connectivity index (χ3n) is 4.18. The molecule has 2 aromatic carbocycles. The van der Waals surface area contributed by atoms with Crippen LogP contribution in [0, 0.1) is 5.82 Å². The van der Waals surface area contributed by atoms with E-state index < -0.39 is 17.8 Å². The van der Waals surface area contributed by atoms with Crippen LogP contribution in [-0.4, -0.2) is 17.0 Å². The molecule has 2 rings (SSSR count). The molecule has 2 aromatic rings. The lowest BCUT2D eigenvalue weighted by atomic mass is 9.92. The highest BCUT2D eigenvalue weighted by Gasteiger charge is 2.20. The largest absolute Gasteiger partial charge is 0.481 e. The number of aliphatic carboxylic acids is 1. The number of carboxylic acid groups (broad SMARTS) is 1. The van der Waals surface area contributed by atoms with Gasteiger partial charge in [-0.3, -0.25) is 9.59 Å². The Labute approximate surface area is 146 Å². The van der Waals surface area contributed by atoms with E-state index in [4.69, 9.17) is 5.11 Å². The van der Waals surface area contributed by atoms with Gasteiger partial charge in [-0.05, 0) is 35.6 Å². The van der Waals surface area contributed by atoms with Crippen LogP contribution in [0.4, 0.5) is 4.39 Å². The van der Waals surface area contributed by atoms with E-state index in [0.717, 1.165) is 12.0 Å². The van der Waals surface area contributed by atoms with Gasteiger partial charge in [0.25, 0.3) is 0 Å². The summed E-state index contributed by atoms with van der Waals surface area (Å²) in [4.78, 5) is 23.5. The summed E-state index contributed by atoms with van der Waals surface area (Å²) in [6, 6.07) is 14.6. The van der Waals surface area contributed by atoms with Gasteiger partial charge in [-0.1, -0.05) is 49.4 Å². The van der Waals surface area contributed by atoms with Gasteiger partial charge in [-0.2, -0.15) is 0 Å². The highest BCUT2D eigenvalue weighted by atomic mass is 19.1. The third-order valence-corrected chi connectivity index (χ3v) is 4.18. The van der Waals surface area contributed by atoms with Crippen molar-refractivity contribution < 1.29 is 19.1 Å². The SMILES string of the molecule is CCC(CC(=O)NC(CC(=O)O)c1ccc(F)cc1)c1ccccc1. The Bertz CT molecular complexity index is 701. The maximum absolute atomic E-state index is 13.1. The summed E-state index contributed by atoms with van der Waals surface area (Å²) in [5, 5.41) is 11.9. The molecule has 5 heteroatoms. The Morgan fingerprint density at radius 1 is 1.00 bits per heavy atom. The summed E-state index contributed by atoms with van der Waals surface area (Å²) in [7, 11) is 0. The van der Waals surface area contributed by atoms with Gasteiger partial charge in [0.15, 0.2) is 0 Å². The maximum Gasteiger partial charge on any atom is 0.305 e. The number of nitrogens with one attached hydrogen (secondary N) is 1. The normalized spacial score (nSPS) is 13.0. The fourth-order valence-corrected chi connectivity index (χ4v) is 2.82. The molecule has 0 aromatic heterocycles. The van der Waals surface area contributed by atoms with Crippen molar-refractivity contribution in [2.24, 2.45) is 0 Å². The number of amides is 1. The molecule has 4 nitrogen and oxygen atoms in total. The van der Waals surface area contributed by atoms with E-state index >= 15 is 0 Å². The molecule has 0 aliphatic heterocycles. The zero-order valence-electron chi connectivity index (χ0n) is 14.1. The second-order valence-corrected chi connectivity index (χ2v) is 5.99. The lowest BCUT2D eigenvalue weighted by Gasteiger charge is -2.20. The number of hydrogen-bond acceptors (Lipinski definition) is 2. The molecule has 0 spiro atoms. The van der Waals surface area contributed by atoms with Crippen LogP contribution in [0.2, 0.25) is 0 Å². The number of benzene rings is 2. The van der Waals surface area contributed by atoms with Gasteiger partial charge in [0, 0.05) is 6.42 Å². The van der Waals surface area contributed by atoms with Gasteiger partial charge in [-0.15, -0.1) is 0 Å². The average Bonchev–Trinajstić information content (AvgIpc) is 2.60. The Hall–Kier alpha value is -2.69. The molecule has 0 radical (unpaired) electrons. The number of carbonyl (C=O) groups excluding carboxylic acids is 1. The minimum absolute atomic E-state index is 0.0693. The lowest BCUT2D eigenvalue weighted by Crippen LogP contribution is -2.31. The maximum atomic E-state index is 13.1. The van der Waals surface area contributed by atoms with E-state index in [2.05, 4.69) is 5.32 Å². The van der Waals surface area contributed by atoms with Crippen LogP contribution in [-0.2, 0) is 9.59 Å². The van der Waals surface area contributed by atoms with Gasteiger partial charge >= 0.3 is 5.97 Å². The highest BCUT2D eigenvalue weighted by molar-refractivity contribution is 5.78. The first kappa shape index (κ1) is 18.6. The number of carboxylic acids is 1. The molecule has 0 heterocycles. The van der Waals surface area contributed by atoms with Crippen LogP contribution in [0.3, 0.4) is 0 Å². The van der Waals surface area contributed by atoms with Crippen LogP contribution < -0.4 is 5.32 Å². The molecule has 2 unspecified atom stereocenters. The molecule has 0 aliphatic carbocycles. The summed E-state index contributed by atoms with van der Waals surface area (Å²) in [6.45, 7) is 2.01. The van der Waals surface area contributed by atoms with Gasteiger partial charge in [0.05, 0.1) is 12.5 Å². The van der Waals surface area contributed by atoms with E-state index in [1.807, 2.05) is 37.3 Å². The topological polar surface area (TPSA) is 66.4 Å². The fourth-order valence-electron chi connectivity index (χ4n) is 2.82. The molecule has 132 valence electrons. The van der Waals surface area contributed by atoms with Crippen LogP contribution >= 0.6 is 0 Å². The smallest absolute Gasteiger partial charge is 0.305 e. The standard InChI is InChI=1S/C20H22FNO3/c1-2-14(15-6-4-3-5-7-15)12-19(23)22-18(13-20(24)25)16-8-10-17(21)11-9-16/h3-11,14,18H,2,12-13H2,1H3,(H,22,23)(H,24,25). The van der Waals surface area contributed by atoms with Crippen molar-refractivity contribution in [2.75, 3.05) is 0 Å². The summed E-state index contributed by atoms with van der Waals surface area (Å²) in [5.74, 6) is -1.57. The van der Waals surface area contributed by atoms with Crippen molar-refractivity contribution in [3.8, 4) is 0 Å². The molecule has 25 heavy (non-hydrogen) atoms. The van der Waals surface area contributed by atoms with Crippen molar-refractivity contribution in [3.63, 3.8) is 0 Å². The van der Waals surface area contributed by atoms with E-state index in [1.165, 1.54) is 24.3 Å². The molecular weight excluding hydrogens is 321 g/mol. The number of carbonyl (C=O) groups is 2. The first-order chi connectivity index (χ1) is 12.0. The summed E-state index contributed by atoms with van der Waals surface area (Å²) >= 11 is 0. The van der Waals surface area contributed by atoms with Crippen LogP contribution in [0.1, 0.15) is 49.3 Å². The van der Waals surface area contributed by atoms with Crippen LogP contribution in [0.25, 0.3) is 0 Å². The minimum atomic E-state index is -1.02. The summed E-state index contributed by atoms with van der Waals surface area (Å²) in [6.07, 6.45) is 0.828. The van der Waals surface area contributed by atoms with Gasteiger partial charge in [0.2, 0.25) is 5.91 Å². The van der Waals surface area contributed by atoms with E-state index in [0.29, 0.717) is 5.56 Å². The van der Waals surface area contributed by atoms with Gasteiger partial charge < -0.3 is 10.4 Å². The van der Waals surface area contributed by atoms with E-state index in [-0.39, 0.29) is 24.7 Å². The molecule has 0 fully saturated rings. The Morgan fingerprint density at radius 3 is 2.20 bits per heavy atom. The second kappa shape index (κ2) is 8.97. The molecule has 2 N–H and O–H groups in total. The number of halogens is 1. The lowest BCUT2D eigenvalue weighted by molar-refractivity contribution is -0.137. The summed E-state index contributed by atoms with van der Waals surface area (Å²) < 4.78 is 13.1. The first-order valence-corrected chi connectivity index (χ1v) is 8.31. The van der Waals surface area contributed by atoms with Gasteiger partial charge in [0.1, 0.15) is 5.82 Å².